The molecule has 0 bridgehead atoms. The fourth-order valence-corrected chi connectivity index (χ4v) is 2.35. The number of hydrogen-bond donors (Lipinski definition) is 1. The molecule has 1 N–H and O–H groups in total. The summed E-state index contributed by atoms with van der Waals surface area (Å²) in [5.41, 5.74) is 1.37. The Hall–Kier alpha value is -1.50. The monoisotopic (exact) mass is 227 g/mol. The Labute approximate surface area is 104 Å². The van der Waals surface area contributed by atoms with Crippen LogP contribution in [0.5, 0.6) is 0 Å². The number of fused-ring (bicyclic) bond motifs is 1. The first-order valence-corrected chi connectivity index (χ1v) is 6.38. The highest BCUT2D eigenvalue weighted by atomic mass is 15.0. The van der Waals surface area contributed by atoms with Gasteiger partial charge in [0.25, 0.3) is 0 Å². The van der Waals surface area contributed by atoms with Crippen LogP contribution in [0.15, 0.2) is 42.5 Å². The number of hydrogen-bond acceptors (Lipinski definition) is 1. The zero-order valence-electron chi connectivity index (χ0n) is 11.0. The van der Waals surface area contributed by atoms with Crippen molar-refractivity contribution in [2.45, 2.75) is 39.2 Å². The fraction of sp³-hybridized carbons (Fsp3) is 0.375. The van der Waals surface area contributed by atoms with Crippen LogP contribution in [-0.4, -0.2) is 5.54 Å². The average Bonchev–Trinajstić information content (AvgIpc) is 2.28. The minimum atomic E-state index is 0.164. The summed E-state index contributed by atoms with van der Waals surface area (Å²) in [6.07, 6.45) is 2.38. The molecule has 2 rings (SSSR count). The van der Waals surface area contributed by atoms with Gasteiger partial charge >= 0.3 is 0 Å². The molecule has 0 radical (unpaired) electrons. The Morgan fingerprint density at radius 1 is 1.00 bits per heavy atom. The molecular formula is C16H21N. The first-order valence-electron chi connectivity index (χ1n) is 6.38. The highest BCUT2D eigenvalue weighted by molar-refractivity contribution is 5.85. The highest BCUT2D eigenvalue weighted by Crippen LogP contribution is 2.23. The van der Waals surface area contributed by atoms with Crippen LogP contribution in [0.2, 0.25) is 0 Å². The summed E-state index contributed by atoms with van der Waals surface area (Å²) < 4.78 is 0. The lowest BCUT2D eigenvalue weighted by molar-refractivity contribution is 0.511. The quantitative estimate of drug-likeness (QED) is 0.788. The van der Waals surface area contributed by atoms with Crippen LogP contribution in [-0.2, 0) is 0 Å². The van der Waals surface area contributed by atoms with E-state index in [9.17, 15) is 0 Å². The third-order valence-corrected chi connectivity index (χ3v) is 3.11. The smallest absolute Gasteiger partial charge is 0.0350 e. The lowest BCUT2D eigenvalue weighted by Gasteiger charge is -2.27. The molecule has 0 saturated carbocycles. The summed E-state index contributed by atoms with van der Waals surface area (Å²) in [5.74, 6) is 0. The van der Waals surface area contributed by atoms with Gasteiger partial charge in [0, 0.05) is 11.2 Å². The maximum absolute atomic E-state index is 3.61. The standard InChI is InChI=1S/C16H21N/c1-4-11-16(2,3)17-15-10-9-13-7-5-6-8-14(13)12-15/h5-10,12,17H,4,11H2,1-3H3. The molecule has 0 aliphatic rings. The van der Waals surface area contributed by atoms with Gasteiger partial charge in [-0.3, -0.25) is 0 Å². The van der Waals surface area contributed by atoms with E-state index in [4.69, 9.17) is 0 Å². The molecule has 1 heteroatoms. The van der Waals surface area contributed by atoms with E-state index in [-0.39, 0.29) is 5.54 Å². The predicted molar refractivity (Wildman–Crippen MR) is 76.6 cm³/mol. The minimum absolute atomic E-state index is 0.164. The van der Waals surface area contributed by atoms with Crippen molar-refractivity contribution in [1.29, 1.82) is 0 Å². The molecule has 0 atom stereocenters. The maximum atomic E-state index is 3.61. The number of rotatable bonds is 4. The van der Waals surface area contributed by atoms with Crippen LogP contribution < -0.4 is 5.32 Å². The van der Waals surface area contributed by atoms with E-state index >= 15 is 0 Å². The van der Waals surface area contributed by atoms with Crippen molar-refractivity contribution < 1.29 is 0 Å². The molecule has 90 valence electrons. The van der Waals surface area contributed by atoms with Gasteiger partial charge in [-0.15, -0.1) is 0 Å². The van der Waals surface area contributed by atoms with Gasteiger partial charge in [0.1, 0.15) is 0 Å². The zero-order chi connectivity index (χ0) is 12.3. The van der Waals surface area contributed by atoms with Crippen LogP contribution in [0.1, 0.15) is 33.6 Å². The van der Waals surface area contributed by atoms with Gasteiger partial charge in [0.2, 0.25) is 0 Å². The average molecular weight is 227 g/mol. The van der Waals surface area contributed by atoms with Crippen LogP contribution in [0.3, 0.4) is 0 Å². The normalized spacial score (nSPS) is 11.7. The number of benzene rings is 2. The maximum Gasteiger partial charge on any atom is 0.0350 e. The number of nitrogens with one attached hydrogen (secondary N) is 1. The van der Waals surface area contributed by atoms with E-state index in [1.165, 1.54) is 29.3 Å². The summed E-state index contributed by atoms with van der Waals surface area (Å²) >= 11 is 0. The molecule has 0 amide bonds. The van der Waals surface area contributed by atoms with E-state index in [1.807, 2.05) is 0 Å². The van der Waals surface area contributed by atoms with Crippen molar-refractivity contribution in [2.24, 2.45) is 0 Å². The van der Waals surface area contributed by atoms with Gasteiger partial charge in [-0.25, -0.2) is 0 Å². The van der Waals surface area contributed by atoms with Gasteiger partial charge in [0.05, 0.1) is 0 Å². The first kappa shape index (κ1) is 12.0. The third-order valence-electron chi connectivity index (χ3n) is 3.11. The van der Waals surface area contributed by atoms with Gasteiger partial charge in [0.15, 0.2) is 0 Å². The molecule has 0 spiro atoms. The molecule has 17 heavy (non-hydrogen) atoms. The van der Waals surface area contributed by atoms with Crippen molar-refractivity contribution >= 4 is 16.5 Å². The molecule has 0 saturated heterocycles. The molecule has 1 nitrogen and oxygen atoms in total. The van der Waals surface area contributed by atoms with Gasteiger partial charge in [-0.05, 0) is 43.2 Å². The fourth-order valence-electron chi connectivity index (χ4n) is 2.35. The third kappa shape index (κ3) is 3.00. The Balaban J connectivity index is 2.25. The van der Waals surface area contributed by atoms with Crippen LogP contribution in [0.25, 0.3) is 10.8 Å². The van der Waals surface area contributed by atoms with Crippen LogP contribution >= 0.6 is 0 Å². The lowest BCUT2D eigenvalue weighted by atomic mass is 9.98. The van der Waals surface area contributed by atoms with Crippen molar-refractivity contribution in [3.05, 3.63) is 42.5 Å². The van der Waals surface area contributed by atoms with E-state index < -0.39 is 0 Å². The summed E-state index contributed by atoms with van der Waals surface area (Å²) in [7, 11) is 0. The zero-order valence-corrected chi connectivity index (χ0v) is 11.0. The van der Waals surface area contributed by atoms with Crippen LogP contribution in [0.4, 0.5) is 5.69 Å². The summed E-state index contributed by atoms with van der Waals surface area (Å²) in [6, 6.07) is 15.1. The van der Waals surface area contributed by atoms with Crippen LogP contribution in [0, 0.1) is 0 Å². The van der Waals surface area contributed by atoms with Gasteiger partial charge < -0.3 is 5.32 Å². The van der Waals surface area contributed by atoms with Crippen molar-refractivity contribution in [2.75, 3.05) is 5.32 Å². The molecule has 0 aromatic heterocycles. The second-order valence-electron chi connectivity index (χ2n) is 5.32. The molecule has 2 aromatic rings. The molecule has 0 fully saturated rings. The Kier molecular flexibility index (Phi) is 3.37. The van der Waals surface area contributed by atoms with Crippen molar-refractivity contribution in [3.8, 4) is 0 Å². The van der Waals surface area contributed by atoms with Gasteiger partial charge in [-0.1, -0.05) is 43.7 Å². The summed E-state index contributed by atoms with van der Waals surface area (Å²) in [4.78, 5) is 0. The van der Waals surface area contributed by atoms with E-state index in [0.29, 0.717) is 0 Å². The van der Waals surface area contributed by atoms with Crippen molar-refractivity contribution in [3.63, 3.8) is 0 Å². The molecule has 2 aromatic carbocycles. The summed E-state index contributed by atoms with van der Waals surface area (Å²) in [5, 5.41) is 6.20. The Morgan fingerprint density at radius 3 is 2.41 bits per heavy atom. The second kappa shape index (κ2) is 4.79. The molecule has 0 aliphatic carbocycles. The Bertz CT molecular complexity index is 500. The molecule has 0 unspecified atom stereocenters. The molecule has 0 aliphatic heterocycles. The summed E-state index contributed by atoms with van der Waals surface area (Å²) in [6.45, 7) is 6.74. The number of anilines is 1. The largest absolute Gasteiger partial charge is 0.380 e. The SMILES string of the molecule is CCCC(C)(C)Nc1ccc2ccccc2c1. The predicted octanol–water partition coefficient (Wildman–Crippen LogP) is 4.83. The van der Waals surface area contributed by atoms with E-state index in [1.54, 1.807) is 0 Å². The second-order valence-corrected chi connectivity index (χ2v) is 5.32. The van der Waals surface area contributed by atoms with Crippen molar-refractivity contribution in [1.82, 2.24) is 0 Å². The first-order chi connectivity index (χ1) is 8.11. The highest BCUT2D eigenvalue weighted by Gasteiger charge is 2.15. The Morgan fingerprint density at radius 2 is 1.71 bits per heavy atom. The van der Waals surface area contributed by atoms with E-state index in [0.717, 1.165) is 0 Å². The molecular weight excluding hydrogens is 206 g/mol. The minimum Gasteiger partial charge on any atom is -0.380 e. The van der Waals surface area contributed by atoms with Gasteiger partial charge in [-0.2, -0.15) is 0 Å². The molecule has 0 heterocycles. The lowest BCUT2D eigenvalue weighted by Crippen LogP contribution is -2.30. The van der Waals surface area contributed by atoms with E-state index in [2.05, 4.69) is 68.6 Å². The topological polar surface area (TPSA) is 12.0 Å².